The fraction of sp³-hybridized carbons (Fsp3) is 0.341. The highest BCUT2D eigenvalue weighted by molar-refractivity contribution is 6.36. The number of nitrogens with one attached hydrogen (secondary N) is 1. The number of likely N-dealkylation sites (tertiary alicyclic amines) is 2. The number of pyridine rings is 1. The summed E-state index contributed by atoms with van der Waals surface area (Å²) in [5, 5.41) is 22.8. The van der Waals surface area contributed by atoms with Gasteiger partial charge in [-0.2, -0.15) is 0 Å². The second-order valence-electron chi connectivity index (χ2n) is 14.1. The molecular formula is C41H45ClN4O5. The Morgan fingerprint density at radius 1 is 1.02 bits per heavy atom. The van der Waals surface area contributed by atoms with E-state index >= 15 is 0 Å². The van der Waals surface area contributed by atoms with Gasteiger partial charge in [0.2, 0.25) is 0 Å². The summed E-state index contributed by atoms with van der Waals surface area (Å²) in [6, 6.07) is 19.5. The number of hydrogen-bond donors (Lipinski definition) is 3. The summed E-state index contributed by atoms with van der Waals surface area (Å²) in [6.45, 7) is 10.0. The molecule has 3 heterocycles. The Morgan fingerprint density at radius 3 is 2.47 bits per heavy atom. The molecule has 1 unspecified atom stereocenters. The molecule has 10 heteroatoms. The number of aliphatic hydroxyl groups is 1. The third-order valence-electron chi connectivity index (χ3n) is 10.2. The van der Waals surface area contributed by atoms with Crippen LogP contribution in [0.3, 0.4) is 0 Å². The van der Waals surface area contributed by atoms with Gasteiger partial charge in [-0.3, -0.25) is 24.4 Å². The molecule has 0 aliphatic carbocycles. The number of aliphatic carboxylic acids is 1. The van der Waals surface area contributed by atoms with Crippen molar-refractivity contribution in [2.45, 2.75) is 52.8 Å². The minimum absolute atomic E-state index is 0.280. The highest BCUT2D eigenvalue weighted by Gasteiger charge is 2.40. The summed E-state index contributed by atoms with van der Waals surface area (Å²) in [5.74, 6) is -0.322. The zero-order valence-corrected chi connectivity index (χ0v) is 30.3. The van der Waals surface area contributed by atoms with Crippen molar-refractivity contribution < 1.29 is 24.5 Å². The minimum atomic E-state index is -0.749. The van der Waals surface area contributed by atoms with E-state index in [1.807, 2.05) is 43.3 Å². The number of carbonyl (C=O) groups is 2. The number of aliphatic hydroxyl groups excluding tert-OH is 1. The molecule has 51 heavy (non-hydrogen) atoms. The minimum Gasteiger partial charge on any atom is -0.496 e. The van der Waals surface area contributed by atoms with E-state index in [1.54, 1.807) is 25.4 Å². The molecule has 1 aromatic heterocycles. The van der Waals surface area contributed by atoms with Crippen LogP contribution in [0.1, 0.15) is 63.6 Å². The number of amides is 1. The normalized spacial score (nSPS) is 19.5. The number of anilines is 1. The molecule has 1 amide bonds. The van der Waals surface area contributed by atoms with Crippen molar-refractivity contribution in [1.82, 2.24) is 14.8 Å². The van der Waals surface area contributed by atoms with Gasteiger partial charge < -0.3 is 20.3 Å². The molecule has 6 rings (SSSR count). The number of ether oxygens (including phenoxy) is 1. The number of carboxylic acid groups (broad SMARTS) is 1. The van der Waals surface area contributed by atoms with Gasteiger partial charge in [0.1, 0.15) is 11.4 Å². The van der Waals surface area contributed by atoms with Gasteiger partial charge in [-0.15, -0.1) is 0 Å². The Morgan fingerprint density at radius 2 is 1.78 bits per heavy atom. The number of nitrogens with zero attached hydrogens (tertiary/aromatic N) is 3. The van der Waals surface area contributed by atoms with Crippen LogP contribution in [0.5, 0.6) is 5.75 Å². The maximum Gasteiger partial charge on any atom is 0.310 e. The summed E-state index contributed by atoms with van der Waals surface area (Å²) in [6.07, 6.45) is 7.00. The smallest absolute Gasteiger partial charge is 0.310 e. The quantitative estimate of drug-likeness (QED) is 0.139. The molecular weight excluding hydrogens is 664 g/mol. The van der Waals surface area contributed by atoms with E-state index in [2.05, 4.69) is 58.2 Å². The molecule has 2 saturated heterocycles. The molecule has 4 aromatic rings. The summed E-state index contributed by atoms with van der Waals surface area (Å²) in [5.41, 5.74) is 8.04. The van der Waals surface area contributed by atoms with Crippen LogP contribution in [0, 0.1) is 19.3 Å². The predicted molar refractivity (Wildman–Crippen MR) is 202 cm³/mol. The standard InChI is InChI=1S/C41H45ClN4O5/c1-26-19-31(23-46-18-16-41(3,25-46)40(49)50)37(51-4)20-30(26)13-12-29-7-5-8-33(27(29)2)34-9-6-10-35(38(34)42)44-39(48)36-14-11-28(21-43-36)22-45-17-15-32(47)24-45/h5-14,19-21,32,47H,15-18,22-25H2,1-4H3,(H,44,48)(H,49,50)/b13-12+/t32-,41?/m1/s1. The Bertz CT molecular complexity index is 1960. The largest absolute Gasteiger partial charge is 0.496 e. The van der Waals surface area contributed by atoms with Crippen LogP contribution < -0.4 is 10.1 Å². The number of β-amino-alcohol motifs (C(OH)–C–C–N with tert-alkyl or cyclic N) is 1. The van der Waals surface area contributed by atoms with E-state index in [9.17, 15) is 19.8 Å². The first kappa shape index (κ1) is 36.3. The van der Waals surface area contributed by atoms with E-state index in [-0.39, 0.29) is 12.0 Å². The molecule has 266 valence electrons. The molecule has 2 atom stereocenters. The van der Waals surface area contributed by atoms with E-state index in [4.69, 9.17) is 16.3 Å². The molecule has 2 aliphatic rings. The van der Waals surface area contributed by atoms with Crippen molar-refractivity contribution in [2.24, 2.45) is 5.41 Å². The number of aryl methyl sites for hydroxylation is 1. The van der Waals surface area contributed by atoms with Gasteiger partial charge in [0.25, 0.3) is 5.91 Å². The van der Waals surface area contributed by atoms with Gasteiger partial charge in [-0.1, -0.05) is 66.2 Å². The highest BCUT2D eigenvalue weighted by Crippen LogP contribution is 2.37. The van der Waals surface area contributed by atoms with Crippen LogP contribution in [0.4, 0.5) is 5.69 Å². The number of carboxylic acids is 1. The van der Waals surface area contributed by atoms with Crippen LogP contribution in [0.25, 0.3) is 23.3 Å². The predicted octanol–water partition coefficient (Wildman–Crippen LogP) is 7.31. The Hall–Kier alpha value is -4.54. The number of methoxy groups -OCH3 is 1. The molecule has 3 N–H and O–H groups in total. The number of hydrogen-bond acceptors (Lipinski definition) is 7. The second kappa shape index (κ2) is 15.4. The van der Waals surface area contributed by atoms with Crippen molar-refractivity contribution in [3.05, 3.63) is 111 Å². The van der Waals surface area contributed by atoms with Crippen LogP contribution in [-0.2, 0) is 17.9 Å². The van der Waals surface area contributed by atoms with E-state index in [0.717, 1.165) is 69.8 Å². The summed E-state index contributed by atoms with van der Waals surface area (Å²) >= 11 is 6.94. The summed E-state index contributed by atoms with van der Waals surface area (Å²) in [4.78, 5) is 33.7. The molecule has 2 aliphatic heterocycles. The van der Waals surface area contributed by atoms with Crippen molar-refractivity contribution in [3.8, 4) is 16.9 Å². The van der Waals surface area contributed by atoms with Crippen LogP contribution in [-0.4, -0.2) is 76.3 Å². The van der Waals surface area contributed by atoms with Crippen LogP contribution in [0.2, 0.25) is 5.02 Å². The average molecular weight is 709 g/mol. The van der Waals surface area contributed by atoms with Gasteiger partial charge in [0.05, 0.1) is 29.3 Å². The zero-order chi connectivity index (χ0) is 36.3. The number of rotatable bonds is 11. The zero-order valence-electron chi connectivity index (χ0n) is 29.6. The highest BCUT2D eigenvalue weighted by atomic mass is 35.5. The van der Waals surface area contributed by atoms with Gasteiger partial charge in [0.15, 0.2) is 0 Å². The first-order chi connectivity index (χ1) is 24.4. The molecule has 0 saturated carbocycles. The third-order valence-corrected chi connectivity index (χ3v) is 10.6. The fourth-order valence-electron chi connectivity index (χ4n) is 7.06. The topological polar surface area (TPSA) is 115 Å². The molecule has 0 spiro atoms. The lowest BCUT2D eigenvalue weighted by molar-refractivity contribution is -0.147. The molecule has 2 fully saturated rings. The third kappa shape index (κ3) is 8.18. The average Bonchev–Trinajstić information content (AvgIpc) is 3.71. The lowest BCUT2D eigenvalue weighted by Gasteiger charge is -2.21. The number of benzene rings is 3. The SMILES string of the molecule is COc1cc(/C=C/c2cccc(-c3cccc(NC(=O)c4ccc(CN5CC[C@@H](O)C5)cn4)c3Cl)c2C)c(C)cc1CN1CCC(C)(C(=O)O)C1. The van der Waals surface area contributed by atoms with Gasteiger partial charge in [-0.25, -0.2) is 0 Å². The fourth-order valence-corrected chi connectivity index (χ4v) is 7.33. The van der Waals surface area contributed by atoms with Crippen LogP contribution >= 0.6 is 11.6 Å². The second-order valence-corrected chi connectivity index (χ2v) is 14.4. The van der Waals surface area contributed by atoms with Gasteiger partial charge in [-0.05, 0) is 91.7 Å². The van der Waals surface area contributed by atoms with Crippen LogP contribution in [0.15, 0.2) is 66.9 Å². The Balaban J connectivity index is 1.16. The molecule has 9 nitrogen and oxygen atoms in total. The van der Waals surface area contributed by atoms with Gasteiger partial charge >= 0.3 is 5.97 Å². The molecule has 3 aromatic carbocycles. The lowest BCUT2D eigenvalue weighted by atomic mass is 9.90. The van der Waals surface area contributed by atoms with Crippen molar-refractivity contribution in [2.75, 3.05) is 38.6 Å². The van der Waals surface area contributed by atoms with Crippen molar-refractivity contribution >= 4 is 41.3 Å². The first-order valence-corrected chi connectivity index (χ1v) is 17.7. The lowest BCUT2D eigenvalue weighted by Crippen LogP contribution is -2.31. The van der Waals surface area contributed by atoms with E-state index in [0.29, 0.717) is 49.0 Å². The van der Waals surface area contributed by atoms with Crippen molar-refractivity contribution in [1.29, 1.82) is 0 Å². The number of halogens is 1. The summed E-state index contributed by atoms with van der Waals surface area (Å²) in [7, 11) is 1.66. The monoisotopic (exact) mass is 708 g/mol. The number of carbonyl (C=O) groups excluding carboxylic acids is 1. The molecule has 0 radical (unpaired) electrons. The van der Waals surface area contributed by atoms with Gasteiger partial charge in [0, 0.05) is 50.0 Å². The maximum atomic E-state index is 13.2. The molecule has 0 bridgehead atoms. The maximum absolute atomic E-state index is 13.2. The van der Waals surface area contributed by atoms with E-state index in [1.165, 1.54) is 0 Å². The number of aromatic nitrogens is 1. The van der Waals surface area contributed by atoms with E-state index < -0.39 is 11.4 Å². The Kier molecular flexibility index (Phi) is 10.9. The Labute approximate surface area is 304 Å². The first-order valence-electron chi connectivity index (χ1n) is 17.3. The summed E-state index contributed by atoms with van der Waals surface area (Å²) < 4.78 is 5.78. The van der Waals surface area contributed by atoms with Crippen molar-refractivity contribution in [3.63, 3.8) is 0 Å².